The van der Waals surface area contributed by atoms with Gasteiger partial charge >= 0.3 is 0 Å². The summed E-state index contributed by atoms with van der Waals surface area (Å²) in [4.78, 5) is 21.6. The van der Waals surface area contributed by atoms with Gasteiger partial charge in [-0.05, 0) is 18.2 Å². The average molecular weight is 400 g/mol. The van der Waals surface area contributed by atoms with Crippen LogP contribution in [0.15, 0.2) is 61.2 Å². The Kier molecular flexibility index (Phi) is 4.88. The number of ether oxygens (including phenoxy) is 1. The van der Waals surface area contributed by atoms with Crippen molar-refractivity contribution in [3.63, 3.8) is 0 Å². The molecule has 1 fully saturated rings. The van der Waals surface area contributed by atoms with Crippen LogP contribution in [-0.4, -0.2) is 38.0 Å². The molecule has 4 heterocycles. The summed E-state index contributed by atoms with van der Waals surface area (Å²) in [6.45, 7) is 1.28. The molecule has 30 heavy (non-hydrogen) atoms. The maximum atomic E-state index is 6.21. The largest absolute Gasteiger partial charge is 0.368 e. The molecule has 2 atom stereocenters. The molecule has 2 unspecified atom stereocenters. The normalized spacial score (nSPS) is 18.9. The Bertz CT molecular complexity index is 1170. The second-order valence-corrected chi connectivity index (χ2v) is 6.99. The molecule has 0 spiro atoms. The number of benzene rings is 1. The van der Waals surface area contributed by atoms with E-state index in [1.165, 1.54) is 0 Å². The van der Waals surface area contributed by atoms with Crippen LogP contribution < -0.4 is 16.4 Å². The fourth-order valence-electron chi connectivity index (χ4n) is 3.39. The number of hydrogen-bond acceptors (Lipinski definition) is 9. The summed E-state index contributed by atoms with van der Waals surface area (Å²) in [5, 5.41) is 7.73. The van der Waals surface area contributed by atoms with Crippen LogP contribution in [0.1, 0.15) is 23.6 Å². The molecule has 1 aromatic carbocycles. The van der Waals surface area contributed by atoms with Crippen LogP contribution in [0, 0.1) is 0 Å². The summed E-state index contributed by atoms with van der Waals surface area (Å²) in [5.41, 5.74) is 8.24. The smallest absolute Gasteiger partial charge is 0.219 e. The van der Waals surface area contributed by atoms with E-state index in [0.717, 1.165) is 22.2 Å². The third kappa shape index (κ3) is 3.88. The van der Waals surface area contributed by atoms with Gasteiger partial charge in [0.25, 0.3) is 0 Å². The lowest BCUT2D eigenvalue weighted by Crippen LogP contribution is -2.36. The first-order valence-corrected chi connectivity index (χ1v) is 9.63. The maximum absolute atomic E-state index is 6.21. The van der Waals surface area contributed by atoms with Gasteiger partial charge in [0, 0.05) is 42.6 Å². The number of pyridine rings is 1. The number of para-hydroxylation sites is 1. The van der Waals surface area contributed by atoms with Crippen LogP contribution in [-0.2, 0) is 4.74 Å². The van der Waals surface area contributed by atoms with Crippen LogP contribution in [0.4, 0.5) is 17.5 Å². The molecule has 5 rings (SSSR count). The van der Waals surface area contributed by atoms with E-state index in [-0.39, 0.29) is 18.2 Å². The second-order valence-electron chi connectivity index (χ2n) is 6.99. The topological polar surface area (TPSA) is 124 Å². The van der Waals surface area contributed by atoms with E-state index < -0.39 is 0 Å². The summed E-state index contributed by atoms with van der Waals surface area (Å²) < 4.78 is 6.21. The van der Waals surface area contributed by atoms with Crippen LogP contribution in [0.3, 0.4) is 0 Å². The summed E-state index contributed by atoms with van der Waals surface area (Å²) in [7, 11) is 0. The van der Waals surface area contributed by atoms with Gasteiger partial charge < -0.3 is 21.1 Å². The molecule has 9 nitrogen and oxygen atoms in total. The van der Waals surface area contributed by atoms with Gasteiger partial charge in [0.2, 0.25) is 5.95 Å². The minimum atomic E-state index is -0.294. The van der Waals surface area contributed by atoms with Gasteiger partial charge in [-0.25, -0.2) is 19.9 Å². The van der Waals surface area contributed by atoms with Crippen molar-refractivity contribution in [3.05, 3.63) is 72.6 Å². The zero-order valence-electron chi connectivity index (χ0n) is 16.1. The van der Waals surface area contributed by atoms with Crippen LogP contribution in [0.2, 0.25) is 0 Å². The number of aromatic nitrogens is 5. The number of anilines is 3. The standard InChI is InChI=1S/C21H20N8O/c22-21-26-8-14(9-27-21)17-11-23-12-18(30-17)20-24-6-5-19(29-20)28-15-7-13-3-1-2-4-16(13)25-10-15/h1-10,17-18,23H,11-12H2,(H2,22,26,27)(H,24,28,29). The van der Waals surface area contributed by atoms with Gasteiger partial charge in [0.1, 0.15) is 11.9 Å². The lowest BCUT2D eigenvalue weighted by Gasteiger charge is -2.30. The van der Waals surface area contributed by atoms with E-state index >= 15 is 0 Å². The van der Waals surface area contributed by atoms with E-state index in [9.17, 15) is 0 Å². The first-order valence-electron chi connectivity index (χ1n) is 9.63. The van der Waals surface area contributed by atoms with Crippen molar-refractivity contribution in [2.45, 2.75) is 12.2 Å². The molecule has 0 saturated carbocycles. The molecular weight excluding hydrogens is 380 g/mol. The summed E-state index contributed by atoms with van der Waals surface area (Å²) in [6, 6.07) is 11.8. The molecule has 1 aliphatic rings. The first-order chi connectivity index (χ1) is 14.7. The summed E-state index contributed by atoms with van der Waals surface area (Å²) in [6.07, 6.45) is 6.39. The Morgan fingerprint density at radius 1 is 0.967 bits per heavy atom. The van der Waals surface area contributed by atoms with Crippen molar-refractivity contribution in [1.82, 2.24) is 30.2 Å². The Balaban J connectivity index is 1.34. The third-order valence-corrected chi connectivity index (χ3v) is 4.88. The molecule has 3 aromatic heterocycles. The zero-order valence-corrected chi connectivity index (χ0v) is 16.1. The first kappa shape index (κ1) is 18.3. The minimum absolute atomic E-state index is 0.200. The van der Waals surface area contributed by atoms with Crippen LogP contribution >= 0.6 is 0 Å². The van der Waals surface area contributed by atoms with Crippen LogP contribution in [0.25, 0.3) is 10.9 Å². The number of nitrogens with zero attached hydrogens (tertiary/aromatic N) is 5. The highest BCUT2D eigenvalue weighted by atomic mass is 16.5. The molecule has 0 aliphatic carbocycles. The molecule has 9 heteroatoms. The molecule has 4 aromatic rings. The molecule has 150 valence electrons. The number of fused-ring (bicyclic) bond motifs is 1. The Labute approximate surface area is 172 Å². The highest BCUT2D eigenvalue weighted by Crippen LogP contribution is 2.28. The van der Waals surface area contributed by atoms with Gasteiger partial charge in [-0.2, -0.15) is 0 Å². The molecule has 0 bridgehead atoms. The number of nitrogen functional groups attached to an aromatic ring is 1. The zero-order chi connectivity index (χ0) is 20.3. The monoisotopic (exact) mass is 400 g/mol. The molecule has 1 aliphatic heterocycles. The molecule has 4 N–H and O–H groups in total. The number of rotatable bonds is 4. The SMILES string of the molecule is Nc1ncc(C2CNCC(c3nccc(Nc4cnc5ccccc5c4)n3)O2)cn1. The van der Waals surface area contributed by atoms with E-state index in [0.29, 0.717) is 24.7 Å². The summed E-state index contributed by atoms with van der Waals surface area (Å²) >= 11 is 0. The molecular formula is C21H20N8O. The van der Waals surface area contributed by atoms with Crippen molar-refractivity contribution >= 4 is 28.4 Å². The quantitative estimate of drug-likeness (QED) is 0.474. The van der Waals surface area contributed by atoms with Crippen molar-refractivity contribution in [2.75, 3.05) is 24.1 Å². The van der Waals surface area contributed by atoms with Crippen molar-refractivity contribution in [2.24, 2.45) is 0 Å². The predicted octanol–water partition coefficient (Wildman–Crippen LogP) is 2.54. The lowest BCUT2D eigenvalue weighted by atomic mass is 10.1. The maximum Gasteiger partial charge on any atom is 0.219 e. The average Bonchev–Trinajstić information content (AvgIpc) is 2.80. The second kappa shape index (κ2) is 7.97. The highest BCUT2D eigenvalue weighted by molar-refractivity contribution is 5.82. The van der Waals surface area contributed by atoms with E-state index in [2.05, 4.69) is 35.6 Å². The van der Waals surface area contributed by atoms with Gasteiger partial charge in [0.15, 0.2) is 5.82 Å². The molecule has 1 saturated heterocycles. The third-order valence-electron chi connectivity index (χ3n) is 4.88. The fraction of sp³-hybridized carbons (Fsp3) is 0.190. The number of hydrogen-bond donors (Lipinski definition) is 3. The Morgan fingerprint density at radius 3 is 2.70 bits per heavy atom. The fourth-order valence-corrected chi connectivity index (χ4v) is 3.39. The summed E-state index contributed by atoms with van der Waals surface area (Å²) in [5.74, 6) is 1.52. The van der Waals surface area contributed by atoms with Gasteiger partial charge in [-0.3, -0.25) is 4.98 Å². The van der Waals surface area contributed by atoms with Gasteiger partial charge in [0.05, 0.1) is 23.5 Å². The van der Waals surface area contributed by atoms with Crippen molar-refractivity contribution < 1.29 is 4.74 Å². The van der Waals surface area contributed by atoms with Crippen molar-refractivity contribution in [1.29, 1.82) is 0 Å². The van der Waals surface area contributed by atoms with E-state index in [1.807, 2.05) is 36.4 Å². The number of nitrogens with two attached hydrogens (primary N) is 1. The van der Waals surface area contributed by atoms with Crippen LogP contribution in [0.5, 0.6) is 0 Å². The van der Waals surface area contributed by atoms with Crippen molar-refractivity contribution in [3.8, 4) is 0 Å². The number of nitrogens with one attached hydrogen (secondary N) is 2. The van der Waals surface area contributed by atoms with E-state index in [1.54, 1.807) is 24.8 Å². The minimum Gasteiger partial charge on any atom is -0.368 e. The Hall–Kier alpha value is -3.69. The predicted molar refractivity (Wildman–Crippen MR) is 113 cm³/mol. The van der Waals surface area contributed by atoms with Gasteiger partial charge in [-0.1, -0.05) is 18.2 Å². The van der Waals surface area contributed by atoms with E-state index in [4.69, 9.17) is 10.5 Å². The number of morpholine rings is 1. The highest BCUT2D eigenvalue weighted by Gasteiger charge is 2.27. The van der Waals surface area contributed by atoms with Gasteiger partial charge in [-0.15, -0.1) is 0 Å². The Morgan fingerprint density at radius 2 is 1.80 bits per heavy atom. The lowest BCUT2D eigenvalue weighted by molar-refractivity contribution is -0.0451. The molecule has 0 amide bonds. The molecule has 0 radical (unpaired) electrons.